The highest BCUT2D eigenvalue weighted by molar-refractivity contribution is 5.78. The van der Waals surface area contributed by atoms with Crippen LogP contribution in [0.4, 0.5) is 0 Å². The Hall–Kier alpha value is -1.63. The fraction of sp³-hybridized carbons (Fsp3) is 0.632. The van der Waals surface area contributed by atoms with Crippen LogP contribution < -0.4 is 11.1 Å². The first-order valence-electron chi connectivity index (χ1n) is 9.21. The van der Waals surface area contributed by atoms with Crippen LogP contribution in [0.1, 0.15) is 18.9 Å². The van der Waals surface area contributed by atoms with E-state index in [9.17, 15) is 0 Å². The number of benzene rings is 1. The molecule has 0 spiro atoms. The number of aliphatic imine (C=N–C) groups is 1. The Bertz CT molecular complexity index is 500. The van der Waals surface area contributed by atoms with Crippen LogP contribution in [0.5, 0.6) is 0 Å². The second-order valence-electron chi connectivity index (χ2n) is 6.72. The largest absolute Gasteiger partial charge is 0.383 e. The first-order valence-corrected chi connectivity index (χ1v) is 9.21. The Morgan fingerprint density at radius 3 is 2.56 bits per heavy atom. The summed E-state index contributed by atoms with van der Waals surface area (Å²) in [5.74, 6) is 0.511. The van der Waals surface area contributed by atoms with Crippen molar-refractivity contribution in [2.75, 3.05) is 53.0 Å². The van der Waals surface area contributed by atoms with Gasteiger partial charge in [-0.05, 0) is 18.9 Å². The zero-order chi connectivity index (χ0) is 17.9. The van der Waals surface area contributed by atoms with Gasteiger partial charge in [0.05, 0.1) is 6.61 Å². The van der Waals surface area contributed by atoms with E-state index in [1.807, 2.05) is 6.92 Å². The van der Waals surface area contributed by atoms with E-state index in [0.717, 1.165) is 52.2 Å². The molecule has 6 nitrogen and oxygen atoms in total. The second-order valence-corrected chi connectivity index (χ2v) is 6.72. The minimum absolute atomic E-state index is 0.187. The fourth-order valence-electron chi connectivity index (χ4n) is 3.10. The number of nitrogens with two attached hydrogens (primary N) is 1. The van der Waals surface area contributed by atoms with Crippen LogP contribution >= 0.6 is 0 Å². The minimum atomic E-state index is 0.187. The summed E-state index contributed by atoms with van der Waals surface area (Å²) in [6, 6.07) is 10.9. The maximum Gasteiger partial charge on any atom is 0.188 e. The third-order valence-corrected chi connectivity index (χ3v) is 4.44. The molecular weight excluding hydrogens is 314 g/mol. The maximum atomic E-state index is 5.88. The van der Waals surface area contributed by atoms with Crippen molar-refractivity contribution in [3.63, 3.8) is 0 Å². The van der Waals surface area contributed by atoms with E-state index in [1.54, 1.807) is 7.11 Å². The molecule has 1 aliphatic heterocycles. The summed E-state index contributed by atoms with van der Waals surface area (Å²) >= 11 is 0. The lowest BCUT2D eigenvalue weighted by Crippen LogP contribution is -2.46. The first-order chi connectivity index (χ1) is 12.2. The summed E-state index contributed by atoms with van der Waals surface area (Å²) in [7, 11) is 1.69. The van der Waals surface area contributed by atoms with Crippen LogP contribution in [0.3, 0.4) is 0 Å². The molecule has 1 saturated heterocycles. The number of rotatable bonds is 9. The molecule has 1 unspecified atom stereocenters. The van der Waals surface area contributed by atoms with Gasteiger partial charge in [0.25, 0.3) is 0 Å². The van der Waals surface area contributed by atoms with Crippen molar-refractivity contribution in [2.24, 2.45) is 10.7 Å². The van der Waals surface area contributed by atoms with Crippen molar-refractivity contribution >= 4 is 5.96 Å². The molecule has 0 amide bonds. The molecule has 1 aromatic carbocycles. The summed E-state index contributed by atoms with van der Waals surface area (Å²) in [6.07, 6.45) is 1.04. The molecule has 0 saturated carbocycles. The molecule has 0 bridgehead atoms. The highest BCUT2D eigenvalue weighted by Gasteiger charge is 2.16. The predicted molar refractivity (Wildman–Crippen MR) is 104 cm³/mol. The van der Waals surface area contributed by atoms with Gasteiger partial charge in [0.1, 0.15) is 0 Å². The van der Waals surface area contributed by atoms with Crippen molar-refractivity contribution in [2.45, 2.75) is 25.9 Å². The minimum Gasteiger partial charge on any atom is -0.383 e. The summed E-state index contributed by atoms with van der Waals surface area (Å²) in [5.41, 5.74) is 7.28. The summed E-state index contributed by atoms with van der Waals surface area (Å²) < 4.78 is 5.07. The van der Waals surface area contributed by atoms with Gasteiger partial charge < -0.3 is 20.7 Å². The molecule has 0 aromatic heterocycles. The lowest BCUT2D eigenvalue weighted by atomic mass is 10.2. The Morgan fingerprint density at radius 1 is 1.20 bits per heavy atom. The van der Waals surface area contributed by atoms with Crippen molar-refractivity contribution in [1.29, 1.82) is 0 Å². The molecular formula is C19H33N5O. The van der Waals surface area contributed by atoms with E-state index in [2.05, 4.69) is 50.4 Å². The maximum absolute atomic E-state index is 5.88. The Kier molecular flexibility index (Phi) is 8.72. The molecule has 1 aliphatic rings. The number of ether oxygens (including phenoxy) is 1. The van der Waals surface area contributed by atoms with Crippen LogP contribution in [0, 0.1) is 0 Å². The topological polar surface area (TPSA) is 66.1 Å². The normalized spacial score (nSPS) is 18.2. The number of piperazine rings is 1. The average molecular weight is 348 g/mol. The van der Waals surface area contributed by atoms with Crippen molar-refractivity contribution < 1.29 is 4.74 Å². The smallest absolute Gasteiger partial charge is 0.188 e. The molecule has 140 valence electrons. The van der Waals surface area contributed by atoms with Gasteiger partial charge in [-0.3, -0.25) is 9.89 Å². The zero-order valence-corrected chi connectivity index (χ0v) is 15.7. The molecule has 1 fully saturated rings. The number of guanidine groups is 1. The molecule has 0 radical (unpaired) electrons. The predicted octanol–water partition coefficient (Wildman–Crippen LogP) is 1.13. The van der Waals surface area contributed by atoms with E-state index in [-0.39, 0.29) is 6.04 Å². The summed E-state index contributed by atoms with van der Waals surface area (Å²) in [5, 5.41) is 3.13. The number of nitrogens with zero attached hydrogens (tertiary/aromatic N) is 3. The number of hydrogen-bond donors (Lipinski definition) is 2. The van der Waals surface area contributed by atoms with Crippen LogP contribution in [-0.4, -0.2) is 74.8 Å². The van der Waals surface area contributed by atoms with Gasteiger partial charge in [-0.15, -0.1) is 0 Å². The second kappa shape index (κ2) is 11.1. The fourth-order valence-corrected chi connectivity index (χ4v) is 3.10. The number of hydrogen-bond acceptors (Lipinski definition) is 4. The van der Waals surface area contributed by atoms with Gasteiger partial charge in [0.15, 0.2) is 5.96 Å². The number of nitrogens with one attached hydrogen (secondary N) is 1. The highest BCUT2D eigenvalue weighted by Crippen LogP contribution is 2.08. The lowest BCUT2D eigenvalue weighted by molar-refractivity contribution is 0.127. The van der Waals surface area contributed by atoms with Gasteiger partial charge >= 0.3 is 0 Å². The van der Waals surface area contributed by atoms with Crippen LogP contribution in [-0.2, 0) is 11.3 Å². The molecule has 1 atom stereocenters. The molecule has 6 heteroatoms. The average Bonchev–Trinajstić information content (AvgIpc) is 2.61. The van der Waals surface area contributed by atoms with Gasteiger partial charge in [-0.2, -0.15) is 0 Å². The van der Waals surface area contributed by atoms with E-state index in [1.165, 1.54) is 5.56 Å². The zero-order valence-electron chi connectivity index (χ0n) is 15.7. The van der Waals surface area contributed by atoms with Crippen LogP contribution in [0.25, 0.3) is 0 Å². The quantitative estimate of drug-likeness (QED) is 0.398. The molecule has 2 rings (SSSR count). The van der Waals surface area contributed by atoms with E-state index in [0.29, 0.717) is 12.6 Å². The van der Waals surface area contributed by atoms with Gasteiger partial charge in [0, 0.05) is 59.0 Å². The highest BCUT2D eigenvalue weighted by atomic mass is 16.5. The van der Waals surface area contributed by atoms with E-state index >= 15 is 0 Å². The van der Waals surface area contributed by atoms with Gasteiger partial charge in [-0.25, -0.2) is 0 Å². The van der Waals surface area contributed by atoms with Crippen molar-refractivity contribution in [1.82, 2.24) is 15.1 Å². The SMILES string of the molecule is COCC(C)NC(N)=NCCCN1CCN(Cc2ccccc2)CC1. The standard InChI is InChI=1S/C19H33N5O/c1-17(16-25-2)22-19(20)21-9-6-10-23-11-13-24(14-12-23)15-18-7-4-3-5-8-18/h3-5,7-8,17H,6,9-16H2,1-2H3,(H3,20,21,22). The number of methoxy groups -OCH3 is 1. The monoisotopic (exact) mass is 347 g/mol. The molecule has 3 N–H and O–H groups in total. The molecule has 1 aromatic rings. The molecule has 25 heavy (non-hydrogen) atoms. The van der Waals surface area contributed by atoms with Gasteiger partial charge in [0.2, 0.25) is 0 Å². The van der Waals surface area contributed by atoms with Crippen LogP contribution in [0.15, 0.2) is 35.3 Å². The Morgan fingerprint density at radius 2 is 1.88 bits per heavy atom. The molecule has 0 aliphatic carbocycles. The Balaban J connectivity index is 1.58. The third kappa shape index (κ3) is 7.86. The third-order valence-electron chi connectivity index (χ3n) is 4.44. The van der Waals surface area contributed by atoms with Crippen molar-refractivity contribution in [3.05, 3.63) is 35.9 Å². The molecule has 1 heterocycles. The summed E-state index contributed by atoms with van der Waals surface area (Å²) in [6.45, 7) is 10.1. The lowest BCUT2D eigenvalue weighted by Gasteiger charge is -2.34. The van der Waals surface area contributed by atoms with E-state index < -0.39 is 0 Å². The van der Waals surface area contributed by atoms with Crippen molar-refractivity contribution in [3.8, 4) is 0 Å². The van der Waals surface area contributed by atoms with E-state index in [4.69, 9.17) is 10.5 Å². The van der Waals surface area contributed by atoms with Gasteiger partial charge in [-0.1, -0.05) is 30.3 Å². The van der Waals surface area contributed by atoms with Crippen LogP contribution in [0.2, 0.25) is 0 Å². The first kappa shape index (κ1) is 19.7. The summed E-state index contributed by atoms with van der Waals surface area (Å²) in [4.78, 5) is 9.45. The Labute approximate surface area is 152 Å².